The van der Waals surface area contributed by atoms with Gasteiger partial charge in [-0.05, 0) is 23.2 Å². The maximum atomic E-state index is 4.86. The maximum absolute atomic E-state index is 4.86. The minimum atomic E-state index is -1.38. The van der Waals surface area contributed by atoms with E-state index in [1.54, 1.807) is 10.8 Å². The Bertz CT molecular complexity index is 742. The zero-order valence-electron chi connectivity index (χ0n) is 16.9. The van der Waals surface area contributed by atoms with Crippen LogP contribution in [0.25, 0.3) is 11.3 Å². The molecule has 0 N–H and O–H groups in total. The van der Waals surface area contributed by atoms with Crippen molar-refractivity contribution in [1.29, 1.82) is 0 Å². The van der Waals surface area contributed by atoms with Crippen molar-refractivity contribution in [2.24, 2.45) is 5.92 Å². The molecule has 1 fully saturated rings. The molecule has 1 aliphatic carbocycles. The van der Waals surface area contributed by atoms with Crippen molar-refractivity contribution < 1.29 is 20.1 Å². The Morgan fingerprint density at radius 3 is 2.38 bits per heavy atom. The minimum absolute atomic E-state index is 0. The van der Waals surface area contributed by atoms with Crippen LogP contribution in [-0.4, -0.2) is 13.1 Å². The van der Waals surface area contributed by atoms with E-state index in [0.717, 1.165) is 17.2 Å². The summed E-state index contributed by atoms with van der Waals surface area (Å²) in [4.78, 5) is 4.86. The van der Waals surface area contributed by atoms with Gasteiger partial charge in [-0.2, -0.15) is 0 Å². The van der Waals surface area contributed by atoms with Crippen molar-refractivity contribution in [3.63, 3.8) is 0 Å². The smallest absolute Gasteiger partial charge is 0.0798 e. The third-order valence-corrected chi connectivity index (χ3v) is 7.64. The molecule has 3 heteroatoms. The van der Waals surface area contributed by atoms with E-state index in [1.165, 1.54) is 49.7 Å². The summed E-state index contributed by atoms with van der Waals surface area (Å²) in [5.41, 5.74) is 6.37. The van der Waals surface area contributed by atoms with Crippen LogP contribution in [0.4, 0.5) is 0 Å². The van der Waals surface area contributed by atoms with Gasteiger partial charge in [0.15, 0.2) is 0 Å². The summed E-state index contributed by atoms with van der Waals surface area (Å²) in [7, 11) is -1.38. The van der Waals surface area contributed by atoms with Crippen molar-refractivity contribution in [2.45, 2.75) is 72.0 Å². The molecule has 26 heavy (non-hydrogen) atoms. The Morgan fingerprint density at radius 2 is 1.77 bits per heavy atom. The van der Waals surface area contributed by atoms with Crippen molar-refractivity contribution in [3.05, 3.63) is 47.2 Å². The van der Waals surface area contributed by atoms with Crippen LogP contribution in [0.2, 0.25) is 19.6 Å². The molecule has 1 nitrogen and oxygen atoms in total. The molecule has 1 saturated carbocycles. The molecule has 0 amide bonds. The van der Waals surface area contributed by atoms with E-state index >= 15 is 0 Å². The normalized spacial score (nSPS) is 15.6. The Balaban J connectivity index is 0.00000243. The second-order valence-corrected chi connectivity index (χ2v) is 14.0. The molecule has 2 aromatic rings. The topological polar surface area (TPSA) is 12.9 Å². The monoisotopic (exact) mass is 543 g/mol. The summed E-state index contributed by atoms with van der Waals surface area (Å²) in [6, 6.07) is 10.2. The number of hydrogen-bond acceptors (Lipinski definition) is 1. The molecule has 1 heterocycles. The number of aryl methyl sites for hydroxylation is 2. The van der Waals surface area contributed by atoms with Crippen LogP contribution in [0.3, 0.4) is 0 Å². The second kappa shape index (κ2) is 8.95. The number of nitrogens with zero attached hydrogens (tertiary/aromatic N) is 1. The van der Waals surface area contributed by atoms with Crippen LogP contribution in [0.1, 0.15) is 48.8 Å². The van der Waals surface area contributed by atoms with Crippen LogP contribution in [0.5, 0.6) is 0 Å². The molecule has 1 aliphatic rings. The fourth-order valence-corrected chi connectivity index (χ4v) is 5.80. The molecule has 0 atom stereocenters. The first-order valence-electron chi connectivity index (χ1n) is 9.83. The fourth-order valence-electron chi connectivity index (χ4n) is 4.21. The van der Waals surface area contributed by atoms with Crippen molar-refractivity contribution in [3.8, 4) is 11.3 Å². The molecule has 1 aromatic carbocycles. The third kappa shape index (κ3) is 5.15. The van der Waals surface area contributed by atoms with E-state index in [0.29, 0.717) is 0 Å². The molecule has 0 aliphatic heterocycles. The van der Waals surface area contributed by atoms with E-state index in [1.807, 2.05) is 0 Å². The van der Waals surface area contributed by atoms with Crippen LogP contribution in [-0.2, 0) is 26.5 Å². The molecule has 1 aromatic heterocycles. The summed E-state index contributed by atoms with van der Waals surface area (Å²) < 4.78 is 0. The Morgan fingerprint density at radius 1 is 1.08 bits per heavy atom. The van der Waals surface area contributed by atoms with Gasteiger partial charge >= 0.3 is 0 Å². The second-order valence-electron chi connectivity index (χ2n) is 8.92. The molecule has 1 radical (unpaired) electrons. The van der Waals surface area contributed by atoms with E-state index in [9.17, 15) is 0 Å². The van der Waals surface area contributed by atoms with E-state index < -0.39 is 8.07 Å². The van der Waals surface area contributed by atoms with Crippen molar-refractivity contribution >= 4 is 13.3 Å². The zero-order valence-corrected chi connectivity index (χ0v) is 20.3. The SMILES string of the molecule is Cc1c[c-]c(-c2cc(CC3CCCCC3)c([Si](C)(C)C)cn2)c(C)c1.[Ir]. The van der Waals surface area contributed by atoms with Gasteiger partial charge < -0.3 is 4.98 Å². The summed E-state index contributed by atoms with van der Waals surface area (Å²) in [5.74, 6) is 0.863. The average Bonchev–Trinajstić information content (AvgIpc) is 2.54. The Hall–Kier alpha value is -0.764. The van der Waals surface area contributed by atoms with E-state index in [-0.39, 0.29) is 20.1 Å². The molecule has 0 spiro atoms. The molecule has 0 unspecified atom stereocenters. The Kier molecular flexibility index (Phi) is 7.41. The molecule has 143 valence electrons. The van der Waals surface area contributed by atoms with Crippen LogP contribution in [0.15, 0.2) is 24.4 Å². The van der Waals surface area contributed by atoms with Crippen molar-refractivity contribution in [2.75, 3.05) is 0 Å². The summed E-state index contributed by atoms with van der Waals surface area (Å²) in [6.45, 7) is 11.6. The third-order valence-electron chi connectivity index (χ3n) is 5.57. The molecule has 0 bridgehead atoms. The summed E-state index contributed by atoms with van der Waals surface area (Å²) in [6.07, 6.45) is 10.5. The maximum Gasteiger partial charge on any atom is 0.0798 e. The predicted molar refractivity (Wildman–Crippen MR) is 111 cm³/mol. The van der Waals surface area contributed by atoms with Gasteiger partial charge in [-0.25, -0.2) is 0 Å². The summed E-state index contributed by atoms with van der Waals surface area (Å²) in [5, 5.41) is 1.55. The molecular formula is C23H32IrNSi-. The van der Waals surface area contributed by atoms with Gasteiger partial charge in [-0.15, -0.1) is 34.9 Å². The van der Waals surface area contributed by atoms with Crippen LogP contribution in [0, 0.1) is 25.8 Å². The number of pyridine rings is 1. The standard InChI is InChI=1S/C23H32NSi.Ir/c1-17-11-12-21(18(2)13-17)22-15-20(14-19-9-7-6-8-10-19)23(16-24-22)25(3,4)5;/h11,13,15-16,19H,6-10,14H2,1-5H3;/q-1;. The van der Waals surface area contributed by atoms with Gasteiger partial charge in [0.1, 0.15) is 0 Å². The van der Waals surface area contributed by atoms with Crippen molar-refractivity contribution in [1.82, 2.24) is 4.98 Å². The number of aromatic nitrogens is 1. The van der Waals surface area contributed by atoms with Gasteiger partial charge in [-0.1, -0.05) is 77.2 Å². The quantitative estimate of drug-likeness (QED) is 0.350. The molecule has 0 saturated heterocycles. The molecular weight excluding hydrogens is 511 g/mol. The van der Waals surface area contributed by atoms with Gasteiger partial charge in [0.2, 0.25) is 0 Å². The number of rotatable bonds is 4. The number of hydrogen-bond donors (Lipinski definition) is 0. The van der Waals surface area contributed by atoms with Gasteiger partial charge in [0.25, 0.3) is 0 Å². The van der Waals surface area contributed by atoms with Crippen LogP contribution < -0.4 is 5.19 Å². The fraction of sp³-hybridized carbons (Fsp3) is 0.522. The van der Waals surface area contributed by atoms with E-state index in [2.05, 4.69) is 64.0 Å². The van der Waals surface area contributed by atoms with Gasteiger partial charge in [-0.3, -0.25) is 0 Å². The van der Waals surface area contributed by atoms with E-state index in [4.69, 9.17) is 4.98 Å². The molecule has 3 rings (SSSR count). The van der Waals surface area contributed by atoms with Crippen LogP contribution >= 0.6 is 0 Å². The predicted octanol–water partition coefficient (Wildman–Crippen LogP) is 5.83. The Labute approximate surface area is 174 Å². The zero-order chi connectivity index (χ0) is 18.0. The first-order valence-corrected chi connectivity index (χ1v) is 13.3. The largest absolute Gasteiger partial charge is 0.305 e. The first kappa shape index (κ1) is 21.5. The minimum Gasteiger partial charge on any atom is -0.305 e. The van der Waals surface area contributed by atoms with Gasteiger partial charge in [0.05, 0.1) is 8.07 Å². The number of benzene rings is 1. The average molecular weight is 543 g/mol. The first-order chi connectivity index (χ1) is 11.8. The summed E-state index contributed by atoms with van der Waals surface area (Å²) >= 11 is 0. The van der Waals surface area contributed by atoms with Gasteiger partial charge in [0, 0.05) is 26.3 Å².